The summed E-state index contributed by atoms with van der Waals surface area (Å²) in [4.78, 5) is 17.6. The lowest BCUT2D eigenvalue weighted by Crippen LogP contribution is -2.47. The van der Waals surface area contributed by atoms with Gasteiger partial charge < -0.3 is 14.7 Å². The number of thiazole rings is 1. The fraction of sp³-hybridized carbons (Fsp3) is 0.667. The summed E-state index contributed by atoms with van der Waals surface area (Å²) in [5, 5.41) is 10.0. The van der Waals surface area contributed by atoms with E-state index in [4.69, 9.17) is 9.84 Å². The zero-order chi connectivity index (χ0) is 16.3. The van der Waals surface area contributed by atoms with Crippen LogP contribution in [0.1, 0.15) is 5.69 Å². The minimum absolute atomic E-state index is 0.116. The predicted molar refractivity (Wildman–Crippen MR) is 74.2 cm³/mol. The third-order valence-electron chi connectivity index (χ3n) is 3.11. The number of hydrogen-bond donors (Lipinski definition) is 1. The molecule has 1 N–H and O–H groups in total. The van der Waals surface area contributed by atoms with Crippen LogP contribution in [0.3, 0.4) is 0 Å². The van der Waals surface area contributed by atoms with Crippen molar-refractivity contribution in [1.82, 2.24) is 9.88 Å². The van der Waals surface area contributed by atoms with Crippen LogP contribution < -0.4 is 4.90 Å². The fourth-order valence-corrected chi connectivity index (χ4v) is 3.06. The number of aliphatic carboxylic acids is 1. The molecule has 6 nitrogen and oxygen atoms in total. The lowest BCUT2D eigenvalue weighted by Gasteiger charge is -2.34. The standard InChI is InChI=1S/C12H16F3N3O3S/c1-17(6-10(19)20)4-8-5-18(2-3-21-8)11-16-9(7-22-11)12(13,14)15/h7-8H,2-6H2,1H3,(H,19,20). The van der Waals surface area contributed by atoms with E-state index in [-0.39, 0.29) is 12.6 Å². The van der Waals surface area contributed by atoms with Gasteiger partial charge in [0.2, 0.25) is 0 Å². The Bertz CT molecular complexity index is 523. The van der Waals surface area contributed by atoms with E-state index in [0.29, 0.717) is 31.4 Å². The van der Waals surface area contributed by atoms with E-state index in [1.807, 2.05) is 0 Å². The number of nitrogens with zero attached hydrogens (tertiary/aromatic N) is 3. The van der Waals surface area contributed by atoms with Crippen molar-refractivity contribution in [3.8, 4) is 0 Å². The van der Waals surface area contributed by atoms with E-state index in [2.05, 4.69) is 4.98 Å². The number of halogens is 3. The van der Waals surface area contributed by atoms with E-state index in [1.54, 1.807) is 16.8 Å². The van der Waals surface area contributed by atoms with Gasteiger partial charge in [0.1, 0.15) is 0 Å². The molecule has 0 bridgehead atoms. The molecule has 1 saturated heterocycles. The first-order valence-electron chi connectivity index (χ1n) is 6.55. The van der Waals surface area contributed by atoms with Crippen molar-refractivity contribution < 1.29 is 27.8 Å². The van der Waals surface area contributed by atoms with Crippen LogP contribution >= 0.6 is 11.3 Å². The molecule has 1 atom stereocenters. The minimum Gasteiger partial charge on any atom is -0.480 e. The largest absolute Gasteiger partial charge is 0.480 e. The SMILES string of the molecule is CN(CC(=O)O)CC1CN(c2nc(C(F)(F)F)cs2)CCO1. The van der Waals surface area contributed by atoms with Crippen molar-refractivity contribution in [1.29, 1.82) is 0 Å². The molecule has 0 aliphatic carbocycles. The van der Waals surface area contributed by atoms with Gasteiger partial charge in [0.05, 0.1) is 19.3 Å². The number of aromatic nitrogens is 1. The first-order chi connectivity index (χ1) is 10.3. The molecule has 1 aromatic heterocycles. The summed E-state index contributed by atoms with van der Waals surface area (Å²) in [7, 11) is 1.65. The topological polar surface area (TPSA) is 65.9 Å². The van der Waals surface area contributed by atoms with Crippen LogP contribution in [0.15, 0.2) is 5.38 Å². The predicted octanol–water partition coefficient (Wildman–Crippen LogP) is 1.38. The molecular weight excluding hydrogens is 323 g/mol. The van der Waals surface area contributed by atoms with Crippen LogP contribution in [0.4, 0.5) is 18.3 Å². The van der Waals surface area contributed by atoms with Crippen molar-refractivity contribution in [2.24, 2.45) is 0 Å². The van der Waals surface area contributed by atoms with Gasteiger partial charge in [-0.15, -0.1) is 11.3 Å². The van der Waals surface area contributed by atoms with Crippen LogP contribution in [-0.2, 0) is 15.7 Å². The quantitative estimate of drug-likeness (QED) is 0.874. The molecule has 124 valence electrons. The minimum atomic E-state index is -4.44. The Kier molecular flexibility index (Phi) is 5.24. The highest BCUT2D eigenvalue weighted by Gasteiger charge is 2.35. The van der Waals surface area contributed by atoms with Crippen molar-refractivity contribution in [3.05, 3.63) is 11.1 Å². The third kappa shape index (κ3) is 4.55. The van der Waals surface area contributed by atoms with Gasteiger partial charge in [0.25, 0.3) is 0 Å². The van der Waals surface area contributed by atoms with Gasteiger partial charge >= 0.3 is 12.1 Å². The highest BCUT2D eigenvalue weighted by molar-refractivity contribution is 7.13. The molecule has 0 saturated carbocycles. The van der Waals surface area contributed by atoms with Gasteiger partial charge in [-0.1, -0.05) is 0 Å². The van der Waals surface area contributed by atoms with Crippen LogP contribution in [0.25, 0.3) is 0 Å². The number of carboxylic acid groups (broad SMARTS) is 1. The van der Waals surface area contributed by atoms with E-state index >= 15 is 0 Å². The summed E-state index contributed by atoms with van der Waals surface area (Å²) in [5.74, 6) is -0.940. The first-order valence-corrected chi connectivity index (χ1v) is 7.43. The fourth-order valence-electron chi connectivity index (χ4n) is 2.19. The van der Waals surface area contributed by atoms with Crippen LogP contribution in [-0.4, -0.2) is 66.9 Å². The summed E-state index contributed by atoms with van der Waals surface area (Å²) in [6, 6.07) is 0. The van der Waals surface area contributed by atoms with Crippen molar-refractivity contribution in [2.75, 3.05) is 44.7 Å². The number of carbonyl (C=O) groups is 1. The zero-order valence-electron chi connectivity index (χ0n) is 11.8. The number of alkyl halides is 3. The lowest BCUT2D eigenvalue weighted by atomic mass is 10.2. The Morgan fingerprint density at radius 3 is 2.95 bits per heavy atom. The first kappa shape index (κ1) is 17.0. The Balaban J connectivity index is 1.95. The summed E-state index contributed by atoms with van der Waals surface area (Å²) >= 11 is 0.946. The molecule has 10 heteroatoms. The second-order valence-electron chi connectivity index (χ2n) is 5.04. The second-order valence-corrected chi connectivity index (χ2v) is 5.88. The molecule has 1 unspecified atom stereocenters. The van der Waals surface area contributed by atoms with Crippen LogP contribution in [0.5, 0.6) is 0 Å². The van der Waals surface area contributed by atoms with Crippen molar-refractivity contribution in [2.45, 2.75) is 12.3 Å². The number of likely N-dealkylation sites (N-methyl/N-ethyl adjacent to an activating group) is 1. The van der Waals surface area contributed by atoms with Gasteiger partial charge in [-0.05, 0) is 7.05 Å². The molecule has 1 aromatic rings. The summed E-state index contributed by atoms with van der Waals surface area (Å²) in [6.45, 7) is 1.49. The Labute approximate surface area is 129 Å². The number of carboxylic acids is 1. The maximum Gasteiger partial charge on any atom is 0.434 e. The summed E-state index contributed by atoms with van der Waals surface area (Å²) < 4.78 is 43.3. The molecule has 2 rings (SSSR count). The number of anilines is 1. The summed E-state index contributed by atoms with van der Waals surface area (Å²) in [6.07, 6.45) is -4.71. The second kappa shape index (κ2) is 6.80. The third-order valence-corrected chi connectivity index (χ3v) is 4.01. The molecule has 0 aromatic carbocycles. The van der Waals surface area contributed by atoms with E-state index < -0.39 is 17.8 Å². The maximum absolute atomic E-state index is 12.6. The lowest BCUT2D eigenvalue weighted by molar-refractivity contribution is -0.140. The Hall–Kier alpha value is -1.39. The van der Waals surface area contributed by atoms with Crippen LogP contribution in [0, 0.1) is 0 Å². The highest BCUT2D eigenvalue weighted by Crippen LogP contribution is 2.33. The monoisotopic (exact) mass is 339 g/mol. The molecule has 0 amide bonds. The molecule has 1 aliphatic rings. The van der Waals surface area contributed by atoms with Crippen molar-refractivity contribution >= 4 is 22.4 Å². The molecule has 2 heterocycles. The van der Waals surface area contributed by atoms with Crippen LogP contribution in [0.2, 0.25) is 0 Å². The molecule has 1 fully saturated rings. The normalized spacial score (nSPS) is 19.7. The van der Waals surface area contributed by atoms with E-state index in [0.717, 1.165) is 16.7 Å². The Morgan fingerprint density at radius 1 is 1.64 bits per heavy atom. The average molecular weight is 339 g/mol. The van der Waals surface area contributed by atoms with Gasteiger partial charge in [0, 0.05) is 25.0 Å². The van der Waals surface area contributed by atoms with Gasteiger partial charge in [-0.3, -0.25) is 9.69 Å². The van der Waals surface area contributed by atoms with Gasteiger partial charge in [-0.2, -0.15) is 13.2 Å². The molecule has 22 heavy (non-hydrogen) atoms. The molecule has 1 aliphatic heterocycles. The maximum atomic E-state index is 12.6. The van der Waals surface area contributed by atoms with Gasteiger partial charge in [0.15, 0.2) is 10.8 Å². The van der Waals surface area contributed by atoms with Crippen molar-refractivity contribution in [3.63, 3.8) is 0 Å². The van der Waals surface area contributed by atoms with E-state index in [9.17, 15) is 18.0 Å². The number of ether oxygens (including phenoxy) is 1. The average Bonchev–Trinajstić information content (AvgIpc) is 2.87. The highest BCUT2D eigenvalue weighted by atomic mass is 32.1. The molecular formula is C12H16F3N3O3S. The number of morpholine rings is 1. The zero-order valence-corrected chi connectivity index (χ0v) is 12.7. The van der Waals surface area contributed by atoms with E-state index in [1.165, 1.54) is 0 Å². The summed E-state index contributed by atoms with van der Waals surface area (Å²) in [5.41, 5.74) is -0.890. The number of hydrogen-bond acceptors (Lipinski definition) is 6. The van der Waals surface area contributed by atoms with Gasteiger partial charge in [-0.25, -0.2) is 4.98 Å². The molecule has 0 spiro atoms. The molecule has 0 radical (unpaired) electrons. The number of rotatable bonds is 5. The Morgan fingerprint density at radius 2 is 2.36 bits per heavy atom. The smallest absolute Gasteiger partial charge is 0.434 e.